The second-order valence-electron chi connectivity index (χ2n) is 6.58. The predicted octanol–water partition coefficient (Wildman–Crippen LogP) is 4.01. The Morgan fingerprint density at radius 3 is 2.85 bits per heavy atom. The van der Waals surface area contributed by atoms with Crippen LogP contribution in [0.1, 0.15) is 36.3 Å². The van der Waals surface area contributed by atoms with Crippen LogP contribution in [0, 0.1) is 5.92 Å². The summed E-state index contributed by atoms with van der Waals surface area (Å²) in [7, 11) is 0. The van der Waals surface area contributed by atoms with Gasteiger partial charge in [0.25, 0.3) is 0 Å². The van der Waals surface area contributed by atoms with Crippen LogP contribution >= 0.6 is 11.3 Å². The average molecular weight is 372 g/mol. The van der Waals surface area contributed by atoms with Gasteiger partial charge in [0, 0.05) is 37.0 Å². The fourth-order valence-corrected chi connectivity index (χ4v) is 4.06. The molecule has 140 valence electrons. The second-order valence-corrected chi connectivity index (χ2v) is 7.61. The first-order valence-corrected chi connectivity index (χ1v) is 10.5. The Morgan fingerprint density at radius 2 is 2.08 bits per heavy atom. The van der Waals surface area contributed by atoms with Crippen LogP contribution in [-0.2, 0) is 11.2 Å². The van der Waals surface area contributed by atoms with Crippen molar-refractivity contribution >= 4 is 17.3 Å². The molecule has 26 heavy (non-hydrogen) atoms. The molecule has 0 radical (unpaired) electrons. The molecule has 1 aliphatic heterocycles. The molecule has 5 heteroatoms. The maximum Gasteiger partial charge on any atom is 0.191 e. The van der Waals surface area contributed by atoms with Crippen molar-refractivity contribution in [1.82, 2.24) is 10.6 Å². The summed E-state index contributed by atoms with van der Waals surface area (Å²) in [5.41, 5.74) is 1.27. The van der Waals surface area contributed by atoms with Crippen molar-refractivity contribution in [3.63, 3.8) is 0 Å². The van der Waals surface area contributed by atoms with Gasteiger partial charge in [0.15, 0.2) is 5.96 Å². The number of aliphatic imine (C=N–C) groups is 1. The Labute approximate surface area is 160 Å². The maximum absolute atomic E-state index is 6.09. The molecule has 1 fully saturated rings. The lowest BCUT2D eigenvalue weighted by atomic mass is 9.89. The molecule has 0 bridgehead atoms. The molecule has 0 aliphatic carbocycles. The zero-order valence-corrected chi connectivity index (χ0v) is 16.3. The highest BCUT2D eigenvalue weighted by Crippen LogP contribution is 2.33. The first kappa shape index (κ1) is 18.9. The second kappa shape index (κ2) is 10.3. The van der Waals surface area contributed by atoms with E-state index in [2.05, 4.69) is 65.4 Å². The van der Waals surface area contributed by atoms with Crippen molar-refractivity contribution in [1.29, 1.82) is 0 Å². The van der Waals surface area contributed by atoms with Gasteiger partial charge in [0.1, 0.15) is 0 Å². The van der Waals surface area contributed by atoms with Gasteiger partial charge in [0.05, 0.1) is 6.10 Å². The lowest BCUT2D eigenvalue weighted by Gasteiger charge is -2.31. The third-order valence-corrected chi connectivity index (χ3v) is 5.58. The van der Waals surface area contributed by atoms with Gasteiger partial charge >= 0.3 is 0 Å². The van der Waals surface area contributed by atoms with E-state index in [4.69, 9.17) is 9.73 Å². The van der Waals surface area contributed by atoms with E-state index in [0.29, 0.717) is 5.92 Å². The van der Waals surface area contributed by atoms with Crippen molar-refractivity contribution in [3.05, 3.63) is 58.3 Å². The Morgan fingerprint density at radius 1 is 1.19 bits per heavy atom. The Balaban J connectivity index is 1.57. The minimum Gasteiger partial charge on any atom is -0.373 e. The number of nitrogens with one attached hydrogen (secondary N) is 2. The highest BCUT2D eigenvalue weighted by Gasteiger charge is 2.27. The van der Waals surface area contributed by atoms with E-state index in [0.717, 1.165) is 51.5 Å². The van der Waals surface area contributed by atoms with Gasteiger partial charge in [-0.05, 0) is 43.2 Å². The van der Waals surface area contributed by atoms with Gasteiger partial charge in [-0.3, -0.25) is 4.99 Å². The highest BCUT2D eigenvalue weighted by atomic mass is 32.1. The molecule has 4 nitrogen and oxygen atoms in total. The van der Waals surface area contributed by atoms with Gasteiger partial charge in [0.2, 0.25) is 0 Å². The Hall–Kier alpha value is -1.85. The highest BCUT2D eigenvalue weighted by molar-refractivity contribution is 7.09. The molecule has 2 aromatic rings. The summed E-state index contributed by atoms with van der Waals surface area (Å²) in [6.45, 7) is 5.50. The molecule has 1 aromatic carbocycles. The first-order chi connectivity index (χ1) is 12.9. The van der Waals surface area contributed by atoms with E-state index < -0.39 is 0 Å². The van der Waals surface area contributed by atoms with Crippen molar-refractivity contribution < 1.29 is 4.74 Å². The lowest BCUT2D eigenvalue weighted by Crippen LogP contribution is -2.39. The Bertz CT molecular complexity index is 657. The fraction of sp³-hybridized carbons (Fsp3) is 0.476. The van der Waals surface area contributed by atoms with Crippen LogP contribution in [0.4, 0.5) is 0 Å². The van der Waals surface area contributed by atoms with Crippen LogP contribution in [0.25, 0.3) is 0 Å². The molecule has 3 rings (SSSR count). The van der Waals surface area contributed by atoms with E-state index in [1.54, 1.807) is 11.3 Å². The van der Waals surface area contributed by atoms with Crippen LogP contribution in [0.3, 0.4) is 0 Å². The molecule has 2 N–H and O–H groups in total. The van der Waals surface area contributed by atoms with Crippen molar-refractivity contribution in [2.45, 2.75) is 32.3 Å². The quantitative estimate of drug-likeness (QED) is 0.571. The molecule has 1 aromatic heterocycles. The van der Waals surface area contributed by atoms with E-state index in [9.17, 15) is 0 Å². The number of benzene rings is 1. The number of thiophene rings is 1. The number of ether oxygens (including phenoxy) is 1. The fourth-order valence-electron chi connectivity index (χ4n) is 3.35. The zero-order chi connectivity index (χ0) is 18.0. The molecule has 2 unspecified atom stereocenters. The van der Waals surface area contributed by atoms with Crippen LogP contribution in [-0.4, -0.2) is 32.2 Å². The largest absolute Gasteiger partial charge is 0.373 e. The van der Waals surface area contributed by atoms with E-state index in [1.807, 2.05) is 0 Å². The SMILES string of the molecule is CCNC(=NCC1CCCOC1c1ccccc1)NCCc1cccs1. The third kappa shape index (κ3) is 5.58. The summed E-state index contributed by atoms with van der Waals surface area (Å²) in [6, 6.07) is 14.8. The van der Waals surface area contributed by atoms with Crippen LogP contribution in [0.5, 0.6) is 0 Å². The normalized spacial score (nSPS) is 20.7. The average Bonchev–Trinajstić information content (AvgIpc) is 3.20. The molecular formula is C21H29N3OS. The Kier molecular flexibility index (Phi) is 7.52. The standard InChI is InChI=1S/C21H29N3OS/c1-2-22-21(23-13-12-19-11-7-15-26-19)24-16-18-10-6-14-25-20(18)17-8-4-3-5-9-17/h3-5,7-9,11,15,18,20H,2,6,10,12-14,16H2,1H3,(H2,22,23,24). The number of nitrogens with zero attached hydrogens (tertiary/aromatic N) is 1. The molecule has 0 saturated carbocycles. The molecule has 2 atom stereocenters. The van der Waals surface area contributed by atoms with Gasteiger partial charge in [-0.2, -0.15) is 0 Å². The maximum atomic E-state index is 6.09. The molecule has 0 amide bonds. The van der Waals surface area contributed by atoms with E-state index in [1.165, 1.54) is 10.4 Å². The third-order valence-electron chi connectivity index (χ3n) is 4.64. The van der Waals surface area contributed by atoms with Crippen LogP contribution in [0.15, 0.2) is 52.8 Å². The lowest BCUT2D eigenvalue weighted by molar-refractivity contribution is -0.0250. The number of rotatable bonds is 7. The predicted molar refractivity (Wildman–Crippen MR) is 110 cm³/mol. The number of hydrogen-bond donors (Lipinski definition) is 2. The van der Waals surface area contributed by atoms with Gasteiger partial charge in [-0.25, -0.2) is 0 Å². The summed E-state index contributed by atoms with van der Waals surface area (Å²) < 4.78 is 6.09. The van der Waals surface area contributed by atoms with Crippen LogP contribution in [0.2, 0.25) is 0 Å². The smallest absolute Gasteiger partial charge is 0.191 e. The molecule has 1 saturated heterocycles. The molecule has 2 heterocycles. The van der Waals surface area contributed by atoms with E-state index >= 15 is 0 Å². The summed E-state index contributed by atoms with van der Waals surface area (Å²) in [4.78, 5) is 6.25. The molecular weight excluding hydrogens is 342 g/mol. The van der Waals surface area contributed by atoms with Crippen LogP contribution < -0.4 is 10.6 Å². The van der Waals surface area contributed by atoms with Crippen molar-refractivity contribution in [3.8, 4) is 0 Å². The molecule has 0 spiro atoms. The minimum atomic E-state index is 0.155. The monoisotopic (exact) mass is 371 g/mol. The molecule has 1 aliphatic rings. The van der Waals surface area contributed by atoms with Gasteiger partial charge in [-0.1, -0.05) is 36.4 Å². The van der Waals surface area contributed by atoms with E-state index in [-0.39, 0.29) is 6.10 Å². The number of hydrogen-bond acceptors (Lipinski definition) is 3. The topological polar surface area (TPSA) is 45.7 Å². The zero-order valence-electron chi connectivity index (χ0n) is 15.5. The minimum absolute atomic E-state index is 0.155. The van der Waals surface area contributed by atoms with Gasteiger partial charge in [-0.15, -0.1) is 11.3 Å². The summed E-state index contributed by atoms with van der Waals surface area (Å²) in [6.07, 6.45) is 3.47. The first-order valence-electron chi connectivity index (χ1n) is 9.58. The summed E-state index contributed by atoms with van der Waals surface area (Å²) in [5.74, 6) is 1.33. The summed E-state index contributed by atoms with van der Waals surface area (Å²) in [5, 5.41) is 8.94. The van der Waals surface area contributed by atoms with Crippen molar-refractivity contribution in [2.75, 3.05) is 26.2 Å². The van der Waals surface area contributed by atoms with Gasteiger partial charge < -0.3 is 15.4 Å². The summed E-state index contributed by atoms with van der Waals surface area (Å²) >= 11 is 1.81. The number of guanidine groups is 1. The van der Waals surface area contributed by atoms with Crippen molar-refractivity contribution in [2.24, 2.45) is 10.9 Å².